The van der Waals surface area contributed by atoms with Crippen LogP contribution in [0, 0.1) is 10.8 Å². The molecule has 0 amide bonds. The van der Waals surface area contributed by atoms with E-state index >= 15 is 0 Å². The van der Waals surface area contributed by atoms with E-state index in [9.17, 15) is 0 Å². The van der Waals surface area contributed by atoms with Crippen molar-refractivity contribution in [3.63, 3.8) is 0 Å². The highest BCUT2D eigenvalue weighted by molar-refractivity contribution is 6.30. The molecule has 0 atom stereocenters. The van der Waals surface area contributed by atoms with E-state index in [1.807, 2.05) is 24.3 Å². The maximum atomic E-state index is 6.23. The zero-order chi connectivity index (χ0) is 31.6. The second kappa shape index (κ2) is 14.2. The standard InChI is InChI=1S/C39H54Cl2N4/c1-38(2)15-13-32(36(25-38)30-5-9-34(40)10-6-30)27-42-17-21-44(22-18-42)29-45-23-19-43(20-24-45)28-33-14-16-39(3,4)26-37(33)31-7-11-35(41)12-8-31/h5-12H,13-29H2,1-4H3. The third kappa shape index (κ3) is 8.83. The minimum atomic E-state index is 0.366. The van der Waals surface area contributed by atoms with Crippen LogP contribution in [0.4, 0.5) is 0 Å². The lowest BCUT2D eigenvalue weighted by molar-refractivity contribution is 0.0482. The summed E-state index contributed by atoms with van der Waals surface area (Å²) < 4.78 is 0. The van der Waals surface area contributed by atoms with Gasteiger partial charge in [0.15, 0.2) is 0 Å². The lowest BCUT2D eigenvalue weighted by Gasteiger charge is -2.42. The van der Waals surface area contributed by atoms with E-state index in [2.05, 4.69) is 71.6 Å². The van der Waals surface area contributed by atoms with Crippen molar-refractivity contribution in [3.8, 4) is 0 Å². The van der Waals surface area contributed by atoms with Gasteiger partial charge in [-0.3, -0.25) is 19.6 Å². The fourth-order valence-electron chi connectivity index (χ4n) is 7.93. The Hall–Kier alpha value is -1.66. The Kier molecular flexibility index (Phi) is 10.5. The van der Waals surface area contributed by atoms with Gasteiger partial charge in [-0.05, 0) is 95.9 Å². The van der Waals surface area contributed by atoms with Crippen molar-refractivity contribution in [2.45, 2.75) is 66.2 Å². The number of benzene rings is 2. The van der Waals surface area contributed by atoms with Gasteiger partial charge in [0.25, 0.3) is 0 Å². The molecule has 0 spiro atoms. The quantitative estimate of drug-likeness (QED) is 0.283. The molecule has 0 saturated carbocycles. The van der Waals surface area contributed by atoms with Gasteiger partial charge in [0.1, 0.15) is 0 Å². The summed E-state index contributed by atoms with van der Waals surface area (Å²) in [7, 11) is 0. The predicted octanol–water partition coefficient (Wildman–Crippen LogP) is 8.81. The summed E-state index contributed by atoms with van der Waals surface area (Å²) in [4.78, 5) is 10.8. The maximum absolute atomic E-state index is 6.23. The van der Waals surface area contributed by atoms with Gasteiger partial charge in [-0.2, -0.15) is 0 Å². The zero-order valence-electron chi connectivity index (χ0n) is 28.2. The molecule has 0 aromatic heterocycles. The van der Waals surface area contributed by atoms with E-state index in [-0.39, 0.29) is 0 Å². The van der Waals surface area contributed by atoms with Crippen LogP contribution >= 0.6 is 23.2 Å². The molecule has 2 aliphatic heterocycles. The fourth-order valence-corrected chi connectivity index (χ4v) is 8.18. The van der Waals surface area contributed by atoms with Crippen LogP contribution in [0.3, 0.4) is 0 Å². The van der Waals surface area contributed by atoms with Crippen LogP contribution in [0.5, 0.6) is 0 Å². The Labute approximate surface area is 283 Å². The van der Waals surface area contributed by atoms with Gasteiger partial charge in [-0.1, -0.05) is 86.3 Å². The van der Waals surface area contributed by atoms with E-state index < -0.39 is 0 Å². The summed E-state index contributed by atoms with van der Waals surface area (Å²) in [6.45, 7) is 22.4. The first-order valence-corrected chi connectivity index (χ1v) is 18.1. The van der Waals surface area contributed by atoms with Gasteiger partial charge in [0, 0.05) is 75.5 Å². The lowest BCUT2D eigenvalue weighted by atomic mass is 9.72. The van der Waals surface area contributed by atoms with Crippen molar-refractivity contribution in [3.05, 3.63) is 80.8 Å². The number of hydrogen-bond acceptors (Lipinski definition) is 4. The van der Waals surface area contributed by atoms with Crippen LogP contribution in [0.1, 0.15) is 77.3 Å². The molecule has 6 heteroatoms. The van der Waals surface area contributed by atoms with Gasteiger partial charge in [-0.15, -0.1) is 0 Å². The van der Waals surface area contributed by atoms with Crippen molar-refractivity contribution < 1.29 is 0 Å². The smallest absolute Gasteiger partial charge is 0.0508 e. The lowest BCUT2D eigenvalue weighted by Crippen LogP contribution is -2.54. The fraction of sp³-hybridized carbons (Fsp3) is 0.590. The second-order valence-electron chi connectivity index (χ2n) is 15.8. The van der Waals surface area contributed by atoms with Gasteiger partial charge in [0.05, 0.1) is 6.67 Å². The van der Waals surface area contributed by atoms with Crippen molar-refractivity contribution in [2.75, 3.05) is 72.1 Å². The van der Waals surface area contributed by atoms with Crippen LogP contribution in [0.2, 0.25) is 10.0 Å². The van der Waals surface area contributed by atoms with Crippen molar-refractivity contribution in [1.29, 1.82) is 0 Å². The first kappa shape index (κ1) is 33.2. The number of rotatable bonds is 8. The molecule has 4 nitrogen and oxygen atoms in total. The van der Waals surface area contributed by atoms with E-state index in [1.54, 1.807) is 22.3 Å². The molecule has 2 aromatic rings. The van der Waals surface area contributed by atoms with Crippen molar-refractivity contribution >= 4 is 34.3 Å². The molecule has 2 aliphatic carbocycles. The van der Waals surface area contributed by atoms with Crippen molar-refractivity contribution in [1.82, 2.24) is 19.6 Å². The summed E-state index contributed by atoms with van der Waals surface area (Å²) in [5, 5.41) is 1.64. The first-order chi connectivity index (χ1) is 21.5. The molecule has 45 heavy (non-hydrogen) atoms. The Bertz CT molecular complexity index is 1250. The molecule has 6 rings (SSSR count). The average Bonchev–Trinajstić information content (AvgIpc) is 3.01. The topological polar surface area (TPSA) is 13.0 Å². The Balaban J connectivity index is 0.992. The summed E-state index contributed by atoms with van der Waals surface area (Å²) in [5.74, 6) is 0. The predicted molar refractivity (Wildman–Crippen MR) is 193 cm³/mol. The van der Waals surface area contributed by atoms with Crippen molar-refractivity contribution in [2.24, 2.45) is 10.8 Å². The molecule has 2 aromatic carbocycles. The molecule has 2 saturated heterocycles. The highest BCUT2D eigenvalue weighted by Crippen LogP contribution is 2.44. The largest absolute Gasteiger partial charge is 0.297 e. The van der Waals surface area contributed by atoms with Gasteiger partial charge >= 0.3 is 0 Å². The summed E-state index contributed by atoms with van der Waals surface area (Å²) >= 11 is 12.5. The number of halogens is 2. The normalized spacial score (nSPS) is 24.0. The highest BCUT2D eigenvalue weighted by atomic mass is 35.5. The van der Waals surface area contributed by atoms with Crippen LogP contribution in [0.15, 0.2) is 59.7 Å². The number of piperazine rings is 2. The maximum Gasteiger partial charge on any atom is 0.0508 e. The summed E-state index contributed by atoms with van der Waals surface area (Å²) in [5.41, 5.74) is 9.89. The molecular formula is C39H54Cl2N4. The molecule has 2 heterocycles. The third-order valence-electron chi connectivity index (χ3n) is 10.9. The molecular weight excluding hydrogens is 595 g/mol. The molecule has 0 N–H and O–H groups in total. The Morgan fingerprint density at radius 2 is 0.844 bits per heavy atom. The molecule has 0 unspecified atom stereocenters. The zero-order valence-corrected chi connectivity index (χ0v) is 29.7. The monoisotopic (exact) mass is 648 g/mol. The van der Waals surface area contributed by atoms with Crippen LogP contribution in [-0.2, 0) is 0 Å². The minimum absolute atomic E-state index is 0.366. The summed E-state index contributed by atoms with van der Waals surface area (Å²) in [6.07, 6.45) is 7.31. The number of hydrogen-bond donors (Lipinski definition) is 0. The Morgan fingerprint density at radius 3 is 1.20 bits per heavy atom. The molecule has 0 radical (unpaired) electrons. The SMILES string of the molecule is CC1(C)CCC(CN2CCN(CN3CCN(CC4=C(c5ccc(Cl)cc5)CC(C)(C)CC4)CC3)CC2)=C(c2ccc(Cl)cc2)C1. The van der Waals surface area contributed by atoms with Gasteiger partial charge in [-0.25, -0.2) is 0 Å². The van der Waals surface area contributed by atoms with Crippen LogP contribution in [-0.4, -0.2) is 91.7 Å². The second-order valence-corrected chi connectivity index (χ2v) is 16.7. The van der Waals surface area contributed by atoms with E-state index in [1.165, 1.54) is 89.2 Å². The molecule has 0 bridgehead atoms. The third-order valence-corrected chi connectivity index (χ3v) is 11.4. The van der Waals surface area contributed by atoms with E-state index in [0.29, 0.717) is 10.8 Å². The molecule has 244 valence electrons. The average molecular weight is 650 g/mol. The highest BCUT2D eigenvalue weighted by Gasteiger charge is 2.31. The van der Waals surface area contributed by atoms with Crippen LogP contribution in [0.25, 0.3) is 11.1 Å². The van der Waals surface area contributed by atoms with E-state index in [4.69, 9.17) is 23.2 Å². The molecule has 4 aliphatic rings. The Morgan fingerprint density at radius 1 is 0.511 bits per heavy atom. The number of allylic oxidation sites excluding steroid dienone is 2. The first-order valence-electron chi connectivity index (χ1n) is 17.4. The van der Waals surface area contributed by atoms with Gasteiger partial charge < -0.3 is 0 Å². The number of nitrogens with zero attached hydrogens (tertiary/aromatic N) is 4. The minimum Gasteiger partial charge on any atom is -0.297 e. The summed E-state index contributed by atoms with van der Waals surface area (Å²) in [6, 6.07) is 17.1. The molecule has 2 fully saturated rings. The van der Waals surface area contributed by atoms with Crippen LogP contribution < -0.4 is 0 Å². The van der Waals surface area contributed by atoms with E-state index in [0.717, 1.165) is 42.6 Å². The van der Waals surface area contributed by atoms with Gasteiger partial charge in [0.2, 0.25) is 0 Å².